The van der Waals surface area contributed by atoms with Crippen molar-refractivity contribution in [3.63, 3.8) is 0 Å². The second-order valence-corrected chi connectivity index (χ2v) is 6.34. The zero-order chi connectivity index (χ0) is 17.3. The van der Waals surface area contributed by atoms with Crippen LogP contribution >= 0.6 is 11.3 Å². The maximum absolute atomic E-state index is 12.2. The van der Waals surface area contributed by atoms with E-state index in [-0.39, 0.29) is 24.5 Å². The average molecular weight is 346 g/mol. The normalized spacial score (nSPS) is 16.4. The molecule has 1 amide bonds. The van der Waals surface area contributed by atoms with Crippen LogP contribution in [-0.2, 0) is 11.2 Å². The standard InChI is InChI=1S/C16H14N2O5S/c1-23-10-4-2-8(3-5-10)14(20)18-16-17-11-6-9(15(21)22)7-12(19)13(11)24-16/h2-5,9H,6-7H2,1H3,(H,21,22)(H,17,18,20)/t9-/m0/s1. The Hall–Kier alpha value is -2.74. The van der Waals surface area contributed by atoms with Crippen LogP contribution in [0.15, 0.2) is 24.3 Å². The maximum atomic E-state index is 12.2. The molecule has 0 spiro atoms. The van der Waals surface area contributed by atoms with Crippen molar-refractivity contribution >= 4 is 34.1 Å². The molecule has 3 rings (SSSR count). The summed E-state index contributed by atoms with van der Waals surface area (Å²) in [6, 6.07) is 6.58. The van der Waals surface area contributed by atoms with Crippen molar-refractivity contribution in [3.8, 4) is 5.75 Å². The van der Waals surface area contributed by atoms with Crippen LogP contribution in [0.4, 0.5) is 5.13 Å². The van der Waals surface area contributed by atoms with Gasteiger partial charge in [0.05, 0.1) is 23.6 Å². The van der Waals surface area contributed by atoms with E-state index in [2.05, 4.69) is 10.3 Å². The topological polar surface area (TPSA) is 106 Å². The van der Waals surface area contributed by atoms with Gasteiger partial charge < -0.3 is 9.84 Å². The molecule has 0 bridgehead atoms. The monoisotopic (exact) mass is 346 g/mol. The van der Waals surface area contributed by atoms with Gasteiger partial charge in [0.2, 0.25) is 0 Å². The maximum Gasteiger partial charge on any atom is 0.307 e. The number of carboxylic acid groups (broad SMARTS) is 1. The molecule has 24 heavy (non-hydrogen) atoms. The molecule has 0 saturated carbocycles. The van der Waals surface area contributed by atoms with Gasteiger partial charge in [-0.25, -0.2) is 4.98 Å². The first-order valence-corrected chi connectivity index (χ1v) is 8.00. The minimum absolute atomic E-state index is 0.0314. The number of carbonyl (C=O) groups excluding carboxylic acids is 2. The summed E-state index contributed by atoms with van der Waals surface area (Å²) >= 11 is 1.08. The van der Waals surface area contributed by atoms with Gasteiger partial charge in [0, 0.05) is 18.4 Å². The fourth-order valence-electron chi connectivity index (χ4n) is 2.47. The number of ether oxygens (including phenoxy) is 1. The number of methoxy groups -OCH3 is 1. The lowest BCUT2D eigenvalue weighted by atomic mass is 9.90. The van der Waals surface area contributed by atoms with Crippen LogP contribution in [0.25, 0.3) is 0 Å². The summed E-state index contributed by atoms with van der Waals surface area (Å²) in [6.45, 7) is 0. The van der Waals surface area contributed by atoms with E-state index in [1.165, 1.54) is 7.11 Å². The summed E-state index contributed by atoms with van der Waals surface area (Å²) in [5, 5.41) is 12.0. The third kappa shape index (κ3) is 3.13. The Morgan fingerprint density at radius 2 is 2.00 bits per heavy atom. The number of carboxylic acids is 1. The lowest BCUT2D eigenvalue weighted by Crippen LogP contribution is -2.25. The zero-order valence-electron chi connectivity index (χ0n) is 12.7. The van der Waals surface area contributed by atoms with Gasteiger partial charge in [0.15, 0.2) is 10.9 Å². The number of nitrogens with zero attached hydrogens (tertiary/aromatic N) is 1. The lowest BCUT2D eigenvalue weighted by Gasteiger charge is -2.15. The number of aliphatic carboxylic acids is 1. The largest absolute Gasteiger partial charge is 0.497 e. The van der Waals surface area contributed by atoms with E-state index in [4.69, 9.17) is 9.84 Å². The minimum atomic E-state index is -1.01. The average Bonchev–Trinajstić information content (AvgIpc) is 2.97. The number of carbonyl (C=O) groups is 3. The molecule has 1 aromatic carbocycles. The molecule has 0 fully saturated rings. The predicted octanol–water partition coefficient (Wildman–Crippen LogP) is 2.23. The summed E-state index contributed by atoms with van der Waals surface area (Å²) in [7, 11) is 1.54. The van der Waals surface area contributed by atoms with Crippen molar-refractivity contribution in [2.45, 2.75) is 12.8 Å². The molecule has 2 N–H and O–H groups in total. The number of Topliss-reactive ketones (excluding diaryl/α,β-unsaturated/α-hetero) is 1. The van der Waals surface area contributed by atoms with Crippen LogP contribution in [0.2, 0.25) is 0 Å². The summed E-state index contributed by atoms with van der Waals surface area (Å²) in [5.74, 6) is -1.72. The number of ketones is 1. The number of aromatic nitrogens is 1. The van der Waals surface area contributed by atoms with Crippen molar-refractivity contribution < 1.29 is 24.2 Å². The highest BCUT2D eigenvalue weighted by Gasteiger charge is 2.33. The number of anilines is 1. The van der Waals surface area contributed by atoms with Crippen molar-refractivity contribution in [2.75, 3.05) is 12.4 Å². The van der Waals surface area contributed by atoms with Gasteiger partial charge in [-0.15, -0.1) is 0 Å². The van der Waals surface area contributed by atoms with Crippen LogP contribution in [0.5, 0.6) is 5.75 Å². The summed E-state index contributed by atoms with van der Waals surface area (Å²) in [4.78, 5) is 40.0. The first-order chi connectivity index (χ1) is 11.5. The zero-order valence-corrected chi connectivity index (χ0v) is 13.6. The van der Waals surface area contributed by atoms with Crippen LogP contribution in [0.1, 0.15) is 32.1 Å². The van der Waals surface area contributed by atoms with E-state index in [0.29, 0.717) is 27.0 Å². The van der Waals surface area contributed by atoms with Crippen LogP contribution in [0.3, 0.4) is 0 Å². The van der Waals surface area contributed by atoms with Crippen molar-refractivity contribution in [2.24, 2.45) is 5.92 Å². The molecule has 1 aromatic heterocycles. The Morgan fingerprint density at radius 3 is 2.62 bits per heavy atom. The minimum Gasteiger partial charge on any atom is -0.497 e. The van der Waals surface area contributed by atoms with Gasteiger partial charge in [0.1, 0.15) is 5.75 Å². The Bertz CT molecular complexity index is 812. The molecular weight excluding hydrogens is 332 g/mol. The SMILES string of the molecule is COc1ccc(C(=O)Nc2nc3c(s2)C(=O)C[C@@H](C(=O)O)C3)cc1. The molecule has 1 atom stereocenters. The number of amides is 1. The number of benzene rings is 1. The molecule has 0 unspecified atom stereocenters. The van der Waals surface area contributed by atoms with Gasteiger partial charge in [-0.1, -0.05) is 11.3 Å². The molecule has 0 saturated heterocycles. The summed E-state index contributed by atoms with van der Waals surface area (Å²) in [6.07, 6.45) is 0.168. The molecule has 1 heterocycles. The van der Waals surface area contributed by atoms with Gasteiger partial charge in [-0.2, -0.15) is 0 Å². The molecular formula is C16H14N2O5S. The van der Waals surface area contributed by atoms with Crippen LogP contribution < -0.4 is 10.1 Å². The van der Waals surface area contributed by atoms with Crippen molar-refractivity contribution in [1.82, 2.24) is 4.98 Å². The van der Waals surface area contributed by atoms with Crippen LogP contribution in [0, 0.1) is 5.92 Å². The smallest absolute Gasteiger partial charge is 0.307 e. The number of thiazole rings is 1. The van der Waals surface area contributed by atoms with E-state index in [1.54, 1.807) is 24.3 Å². The molecule has 8 heteroatoms. The predicted molar refractivity (Wildman–Crippen MR) is 86.8 cm³/mol. The molecule has 124 valence electrons. The van der Waals surface area contributed by atoms with Crippen LogP contribution in [-0.4, -0.2) is 34.9 Å². The quantitative estimate of drug-likeness (QED) is 0.879. The molecule has 1 aliphatic carbocycles. The summed E-state index contributed by atoms with van der Waals surface area (Å²) in [5.41, 5.74) is 0.868. The fourth-order valence-corrected chi connectivity index (χ4v) is 3.41. The number of nitrogens with one attached hydrogen (secondary N) is 1. The van der Waals surface area contributed by atoms with E-state index >= 15 is 0 Å². The fraction of sp³-hybridized carbons (Fsp3) is 0.250. The second-order valence-electron chi connectivity index (χ2n) is 5.34. The number of rotatable bonds is 4. The third-order valence-electron chi connectivity index (χ3n) is 3.74. The molecule has 0 aliphatic heterocycles. The Kier molecular flexibility index (Phi) is 4.30. The van der Waals surface area contributed by atoms with E-state index < -0.39 is 11.9 Å². The first-order valence-electron chi connectivity index (χ1n) is 7.19. The van der Waals surface area contributed by atoms with Crippen molar-refractivity contribution in [1.29, 1.82) is 0 Å². The van der Waals surface area contributed by atoms with Gasteiger partial charge in [-0.3, -0.25) is 19.7 Å². The van der Waals surface area contributed by atoms with E-state index in [9.17, 15) is 14.4 Å². The highest BCUT2D eigenvalue weighted by molar-refractivity contribution is 7.17. The number of hydrogen-bond donors (Lipinski definition) is 2. The molecule has 1 aliphatic rings. The molecule has 2 aromatic rings. The summed E-state index contributed by atoms with van der Waals surface area (Å²) < 4.78 is 5.04. The Balaban J connectivity index is 1.77. The molecule has 0 radical (unpaired) electrons. The molecule has 7 nitrogen and oxygen atoms in total. The highest BCUT2D eigenvalue weighted by Crippen LogP contribution is 2.32. The van der Waals surface area contributed by atoms with Crippen molar-refractivity contribution in [3.05, 3.63) is 40.4 Å². The van der Waals surface area contributed by atoms with Gasteiger partial charge in [-0.05, 0) is 24.3 Å². The second kappa shape index (κ2) is 6.40. The number of hydrogen-bond acceptors (Lipinski definition) is 6. The van der Waals surface area contributed by atoms with Gasteiger partial charge >= 0.3 is 5.97 Å². The van der Waals surface area contributed by atoms with E-state index in [0.717, 1.165) is 11.3 Å². The van der Waals surface area contributed by atoms with E-state index in [1.807, 2.05) is 0 Å². The third-order valence-corrected chi connectivity index (χ3v) is 4.80. The van der Waals surface area contributed by atoms with Gasteiger partial charge in [0.25, 0.3) is 5.91 Å². The number of fused-ring (bicyclic) bond motifs is 1. The Morgan fingerprint density at radius 1 is 1.29 bits per heavy atom. The Labute approximate surface area is 141 Å². The highest BCUT2D eigenvalue weighted by atomic mass is 32.1. The first kappa shape index (κ1) is 16.1. The lowest BCUT2D eigenvalue weighted by molar-refractivity contribution is -0.141.